The minimum absolute atomic E-state index is 0.0693. The molecule has 1 aromatic rings. The fraction of sp³-hybridized carbons (Fsp3) is 0.462. The predicted octanol–water partition coefficient (Wildman–Crippen LogP) is 1.82. The van der Waals surface area contributed by atoms with Crippen LogP contribution in [-0.4, -0.2) is 23.2 Å². The Balaban J connectivity index is 2.80. The van der Waals surface area contributed by atoms with Crippen LogP contribution in [0.5, 0.6) is 5.75 Å². The highest BCUT2D eigenvalue weighted by atomic mass is 16.5. The first-order chi connectivity index (χ1) is 8.04. The quantitative estimate of drug-likeness (QED) is 0.791. The standard InChI is InChI=1S/C13H19NO3/c1-3-11(14)8-10-6-4-5-7-12(10)17-9(2)13(15)16/h4-7,9,11H,3,8,14H2,1-2H3,(H,15,16). The molecule has 0 aliphatic rings. The van der Waals surface area contributed by atoms with E-state index in [0.29, 0.717) is 12.2 Å². The molecule has 2 atom stereocenters. The second kappa shape index (κ2) is 6.25. The average Bonchev–Trinajstić information content (AvgIpc) is 2.31. The van der Waals surface area contributed by atoms with Crippen LogP contribution in [0.4, 0.5) is 0 Å². The molecular weight excluding hydrogens is 218 g/mol. The summed E-state index contributed by atoms with van der Waals surface area (Å²) in [4.78, 5) is 10.7. The highest BCUT2D eigenvalue weighted by Gasteiger charge is 2.15. The van der Waals surface area contributed by atoms with E-state index in [-0.39, 0.29) is 6.04 Å². The average molecular weight is 237 g/mol. The number of carboxylic acid groups (broad SMARTS) is 1. The zero-order valence-electron chi connectivity index (χ0n) is 10.2. The lowest BCUT2D eigenvalue weighted by Gasteiger charge is -2.16. The van der Waals surface area contributed by atoms with Gasteiger partial charge in [0, 0.05) is 6.04 Å². The van der Waals surface area contributed by atoms with Crippen LogP contribution >= 0.6 is 0 Å². The topological polar surface area (TPSA) is 72.5 Å². The van der Waals surface area contributed by atoms with Gasteiger partial charge in [-0.2, -0.15) is 0 Å². The molecule has 0 spiro atoms. The molecule has 4 heteroatoms. The molecule has 0 aliphatic heterocycles. The van der Waals surface area contributed by atoms with Crippen molar-refractivity contribution in [2.45, 2.75) is 38.8 Å². The number of carboxylic acids is 1. The molecule has 1 rings (SSSR count). The normalized spacial score (nSPS) is 14.1. The molecule has 3 N–H and O–H groups in total. The van der Waals surface area contributed by atoms with E-state index in [9.17, 15) is 4.79 Å². The molecule has 0 heterocycles. The van der Waals surface area contributed by atoms with Crippen LogP contribution in [0.1, 0.15) is 25.8 Å². The number of rotatable bonds is 6. The predicted molar refractivity (Wildman–Crippen MR) is 66.1 cm³/mol. The molecule has 0 aromatic heterocycles. The Morgan fingerprint density at radius 3 is 2.71 bits per heavy atom. The van der Waals surface area contributed by atoms with Gasteiger partial charge in [0.1, 0.15) is 5.75 Å². The van der Waals surface area contributed by atoms with Gasteiger partial charge in [0.2, 0.25) is 0 Å². The van der Waals surface area contributed by atoms with Gasteiger partial charge >= 0.3 is 5.97 Å². The molecule has 0 aliphatic carbocycles. The maximum absolute atomic E-state index is 10.7. The third-order valence-electron chi connectivity index (χ3n) is 2.63. The van der Waals surface area contributed by atoms with E-state index >= 15 is 0 Å². The third kappa shape index (κ3) is 4.07. The Kier molecular flexibility index (Phi) is 4.97. The SMILES string of the molecule is CCC(N)Cc1ccccc1OC(C)C(=O)O. The molecule has 0 saturated carbocycles. The summed E-state index contributed by atoms with van der Waals surface area (Å²) in [7, 11) is 0. The molecule has 0 saturated heterocycles. The monoisotopic (exact) mass is 237 g/mol. The minimum atomic E-state index is -0.973. The summed E-state index contributed by atoms with van der Waals surface area (Å²) in [5, 5.41) is 8.81. The number of hydrogen-bond donors (Lipinski definition) is 2. The zero-order chi connectivity index (χ0) is 12.8. The number of aliphatic carboxylic acids is 1. The van der Waals surface area contributed by atoms with Gasteiger partial charge in [-0.1, -0.05) is 25.1 Å². The third-order valence-corrected chi connectivity index (χ3v) is 2.63. The van der Waals surface area contributed by atoms with Gasteiger partial charge in [0.05, 0.1) is 0 Å². The van der Waals surface area contributed by atoms with E-state index < -0.39 is 12.1 Å². The fourth-order valence-corrected chi connectivity index (χ4v) is 1.46. The zero-order valence-corrected chi connectivity index (χ0v) is 10.2. The van der Waals surface area contributed by atoms with E-state index in [4.69, 9.17) is 15.6 Å². The molecule has 0 bridgehead atoms. The van der Waals surface area contributed by atoms with Gasteiger partial charge < -0.3 is 15.6 Å². The number of carbonyl (C=O) groups is 1. The van der Waals surface area contributed by atoms with Crippen LogP contribution in [0.2, 0.25) is 0 Å². The summed E-state index contributed by atoms with van der Waals surface area (Å²) < 4.78 is 5.40. The van der Waals surface area contributed by atoms with Crippen LogP contribution in [-0.2, 0) is 11.2 Å². The van der Waals surface area contributed by atoms with Crippen LogP contribution in [0, 0.1) is 0 Å². The van der Waals surface area contributed by atoms with Gasteiger partial charge in [-0.05, 0) is 31.4 Å². The van der Waals surface area contributed by atoms with Crippen molar-refractivity contribution in [3.8, 4) is 5.75 Å². The lowest BCUT2D eigenvalue weighted by atomic mass is 10.0. The van der Waals surface area contributed by atoms with E-state index in [2.05, 4.69) is 0 Å². The second-order valence-corrected chi connectivity index (χ2v) is 4.08. The van der Waals surface area contributed by atoms with E-state index in [1.807, 2.05) is 25.1 Å². The lowest BCUT2D eigenvalue weighted by Crippen LogP contribution is -2.25. The maximum Gasteiger partial charge on any atom is 0.344 e. The molecular formula is C13H19NO3. The first-order valence-corrected chi connectivity index (χ1v) is 5.77. The summed E-state index contributed by atoms with van der Waals surface area (Å²) in [5.41, 5.74) is 6.85. The van der Waals surface area contributed by atoms with Crippen LogP contribution in [0.15, 0.2) is 24.3 Å². The molecule has 0 amide bonds. The Hall–Kier alpha value is -1.55. The van der Waals surface area contributed by atoms with Crippen molar-refractivity contribution in [3.05, 3.63) is 29.8 Å². The molecule has 0 radical (unpaired) electrons. The number of para-hydroxylation sites is 1. The summed E-state index contributed by atoms with van der Waals surface area (Å²) in [6.45, 7) is 3.53. The fourth-order valence-electron chi connectivity index (χ4n) is 1.46. The molecule has 4 nitrogen and oxygen atoms in total. The van der Waals surface area contributed by atoms with Crippen LogP contribution < -0.4 is 10.5 Å². The van der Waals surface area contributed by atoms with E-state index in [0.717, 1.165) is 12.0 Å². The van der Waals surface area contributed by atoms with Crippen LogP contribution in [0.25, 0.3) is 0 Å². The number of hydrogen-bond acceptors (Lipinski definition) is 3. The molecule has 2 unspecified atom stereocenters. The van der Waals surface area contributed by atoms with E-state index in [1.165, 1.54) is 6.92 Å². The first kappa shape index (κ1) is 13.5. The molecule has 94 valence electrons. The minimum Gasteiger partial charge on any atom is -0.479 e. The summed E-state index contributed by atoms with van der Waals surface area (Å²) >= 11 is 0. The first-order valence-electron chi connectivity index (χ1n) is 5.77. The van der Waals surface area contributed by atoms with Crippen molar-refractivity contribution in [1.29, 1.82) is 0 Å². The lowest BCUT2D eigenvalue weighted by molar-refractivity contribution is -0.144. The number of nitrogens with two attached hydrogens (primary N) is 1. The Morgan fingerprint density at radius 2 is 2.12 bits per heavy atom. The van der Waals surface area contributed by atoms with Gasteiger partial charge in [0.25, 0.3) is 0 Å². The number of ether oxygens (including phenoxy) is 1. The second-order valence-electron chi connectivity index (χ2n) is 4.08. The Morgan fingerprint density at radius 1 is 1.47 bits per heavy atom. The molecule has 17 heavy (non-hydrogen) atoms. The molecule has 0 fully saturated rings. The highest BCUT2D eigenvalue weighted by molar-refractivity contribution is 5.72. The smallest absolute Gasteiger partial charge is 0.344 e. The van der Waals surface area contributed by atoms with Gasteiger partial charge in [-0.3, -0.25) is 0 Å². The summed E-state index contributed by atoms with van der Waals surface area (Å²) in [5.74, 6) is -0.370. The van der Waals surface area contributed by atoms with Gasteiger partial charge in [0.15, 0.2) is 6.10 Å². The summed E-state index contributed by atoms with van der Waals surface area (Å²) in [6.07, 6.45) is 0.718. The van der Waals surface area contributed by atoms with Gasteiger partial charge in [-0.25, -0.2) is 4.79 Å². The highest BCUT2D eigenvalue weighted by Crippen LogP contribution is 2.21. The maximum atomic E-state index is 10.7. The Bertz CT molecular complexity index is 379. The van der Waals surface area contributed by atoms with Crippen molar-refractivity contribution in [2.75, 3.05) is 0 Å². The Labute approximate surface area is 101 Å². The van der Waals surface area contributed by atoms with E-state index in [1.54, 1.807) is 6.07 Å². The van der Waals surface area contributed by atoms with Crippen molar-refractivity contribution in [2.24, 2.45) is 5.73 Å². The number of benzene rings is 1. The van der Waals surface area contributed by atoms with Crippen molar-refractivity contribution >= 4 is 5.97 Å². The summed E-state index contributed by atoms with van der Waals surface area (Å²) in [6, 6.07) is 7.48. The molecule has 1 aromatic carbocycles. The van der Waals surface area contributed by atoms with Crippen molar-refractivity contribution in [1.82, 2.24) is 0 Å². The van der Waals surface area contributed by atoms with Crippen molar-refractivity contribution in [3.63, 3.8) is 0 Å². The van der Waals surface area contributed by atoms with Gasteiger partial charge in [-0.15, -0.1) is 0 Å². The van der Waals surface area contributed by atoms with Crippen LogP contribution in [0.3, 0.4) is 0 Å². The largest absolute Gasteiger partial charge is 0.479 e. The van der Waals surface area contributed by atoms with Crippen molar-refractivity contribution < 1.29 is 14.6 Å².